The van der Waals surface area contributed by atoms with E-state index in [9.17, 15) is 0 Å². The van der Waals surface area contributed by atoms with Gasteiger partial charge in [0.15, 0.2) is 0 Å². The van der Waals surface area contributed by atoms with Crippen LogP contribution in [0.15, 0.2) is 36.4 Å². The van der Waals surface area contributed by atoms with Gasteiger partial charge in [0.25, 0.3) is 0 Å². The summed E-state index contributed by atoms with van der Waals surface area (Å²) in [5.74, 6) is 6.59. The number of aryl methyl sites for hydroxylation is 1. The van der Waals surface area contributed by atoms with Crippen molar-refractivity contribution in [1.29, 1.82) is 0 Å². The second-order valence-corrected chi connectivity index (χ2v) is 4.02. The first-order valence-electron chi connectivity index (χ1n) is 5.16. The summed E-state index contributed by atoms with van der Waals surface area (Å²) in [5, 5.41) is 3.84. The van der Waals surface area contributed by atoms with Gasteiger partial charge in [0.2, 0.25) is 0 Å². The quantitative estimate of drug-likeness (QED) is 0.577. The molecule has 4 nitrogen and oxygen atoms in total. The van der Waals surface area contributed by atoms with Gasteiger partial charge in [0, 0.05) is 0 Å². The fraction of sp³-hybridized carbons (Fsp3) is 0.0833. The number of nitrogens with two attached hydrogens (primary N) is 1. The van der Waals surface area contributed by atoms with Crippen LogP contribution in [0.5, 0.6) is 0 Å². The van der Waals surface area contributed by atoms with Crippen molar-refractivity contribution in [3.63, 3.8) is 0 Å². The normalized spacial score (nSPS) is 10.1. The van der Waals surface area contributed by atoms with Crippen LogP contribution in [0.4, 0.5) is 17.3 Å². The lowest BCUT2D eigenvalue weighted by atomic mass is 10.2. The molecule has 17 heavy (non-hydrogen) atoms. The molecule has 0 bridgehead atoms. The van der Waals surface area contributed by atoms with Gasteiger partial charge >= 0.3 is 0 Å². The number of nitrogens with one attached hydrogen (secondary N) is 2. The number of pyridine rings is 1. The minimum atomic E-state index is 0.597. The minimum absolute atomic E-state index is 0.597. The van der Waals surface area contributed by atoms with Crippen LogP contribution in [0.25, 0.3) is 0 Å². The van der Waals surface area contributed by atoms with Gasteiger partial charge in [-0.05, 0) is 30.7 Å². The minimum Gasteiger partial charge on any atom is -0.339 e. The molecule has 88 valence electrons. The van der Waals surface area contributed by atoms with Crippen LogP contribution in [0, 0.1) is 6.92 Å². The zero-order chi connectivity index (χ0) is 12.3. The molecule has 1 aromatic heterocycles. The van der Waals surface area contributed by atoms with Gasteiger partial charge in [0.1, 0.15) is 11.6 Å². The topological polar surface area (TPSA) is 63.0 Å². The van der Waals surface area contributed by atoms with E-state index < -0.39 is 0 Å². The van der Waals surface area contributed by atoms with Crippen molar-refractivity contribution in [2.75, 3.05) is 10.7 Å². The monoisotopic (exact) mass is 248 g/mol. The summed E-state index contributed by atoms with van der Waals surface area (Å²) < 4.78 is 0. The van der Waals surface area contributed by atoms with Gasteiger partial charge in [-0.15, -0.1) is 0 Å². The molecule has 0 aliphatic carbocycles. The summed E-state index contributed by atoms with van der Waals surface area (Å²) in [4.78, 5) is 4.26. The van der Waals surface area contributed by atoms with E-state index in [2.05, 4.69) is 15.7 Å². The number of halogens is 1. The molecular formula is C12H13ClN4. The second kappa shape index (κ2) is 5.03. The van der Waals surface area contributed by atoms with E-state index in [0.29, 0.717) is 16.7 Å². The molecule has 0 saturated carbocycles. The highest BCUT2D eigenvalue weighted by molar-refractivity contribution is 6.33. The van der Waals surface area contributed by atoms with Gasteiger partial charge in [-0.3, -0.25) is 0 Å². The third kappa shape index (κ3) is 2.67. The van der Waals surface area contributed by atoms with Gasteiger partial charge in [0.05, 0.1) is 10.7 Å². The highest BCUT2D eigenvalue weighted by Crippen LogP contribution is 2.28. The van der Waals surface area contributed by atoms with Crippen molar-refractivity contribution in [2.24, 2.45) is 5.84 Å². The Morgan fingerprint density at radius 2 is 1.82 bits per heavy atom. The molecule has 2 rings (SSSR count). The number of hydrazine groups is 1. The maximum atomic E-state index is 6.12. The lowest BCUT2D eigenvalue weighted by molar-refractivity contribution is 1.22. The number of hydrogen-bond acceptors (Lipinski definition) is 4. The van der Waals surface area contributed by atoms with Gasteiger partial charge in [-0.1, -0.05) is 29.8 Å². The molecule has 1 aromatic carbocycles. The highest BCUT2D eigenvalue weighted by Gasteiger charge is 2.04. The Hall–Kier alpha value is -1.78. The predicted molar refractivity (Wildman–Crippen MR) is 71.5 cm³/mol. The molecule has 0 fully saturated rings. The fourth-order valence-electron chi connectivity index (χ4n) is 1.50. The SMILES string of the molecule is Cc1cccc(Cl)c1Nc1cccc(NN)n1. The molecular weight excluding hydrogens is 236 g/mol. The van der Waals surface area contributed by atoms with Crippen LogP contribution < -0.4 is 16.6 Å². The first-order valence-corrected chi connectivity index (χ1v) is 5.54. The fourth-order valence-corrected chi connectivity index (χ4v) is 1.77. The summed E-state index contributed by atoms with van der Waals surface area (Å²) in [6.07, 6.45) is 0. The molecule has 0 aliphatic heterocycles. The van der Waals surface area contributed by atoms with Crippen LogP contribution in [0.2, 0.25) is 5.02 Å². The first-order chi connectivity index (χ1) is 8.20. The largest absolute Gasteiger partial charge is 0.339 e. The molecule has 0 atom stereocenters. The molecule has 4 N–H and O–H groups in total. The van der Waals surface area contributed by atoms with E-state index >= 15 is 0 Å². The van der Waals surface area contributed by atoms with Crippen LogP contribution in [0.3, 0.4) is 0 Å². The zero-order valence-electron chi connectivity index (χ0n) is 9.37. The average Bonchev–Trinajstić information content (AvgIpc) is 2.34. The standard InChI is InChI=1S/C12H13ClN4/c1-8-4-2-5-9(13)12(8)16-10-6-3-7-11(15-10)17-14/h2-7H,14H2,1H3,(H2,15,16,17). The zero-order valence-corrected chi connectivity index (χ0v) is 10.1. The summed E-state index contributed by atoms with van der Waals surface area (Å²) in [5.41, 5.74) is 4.42. The Balaban J connectivity index is 2.31. The maximum Gasteiger partial charge on any atom is 0.142 e. The van der Waals surface area contributed by atoms with Crippen molar-refractivity contribution in [2.45, 2.75) is 6.92 Å². The lowest BCUT2D eigenvalue weighted by Gasteiger charge is -2.11. The first kappa shape index (κ1) is 11.7. The molecule has 0 spiro atoms. The number of aromatic nitrogens is 1. The maximum absolute atomic E-state index is 6.12. The number of anilines is 3. The van der Waals surface area contributed by atoms with Gasteiger partial charge < -0.3 is 10.7 Å². The predicted octanol–water partition coefficient (Wildman–Crippen LogP) is 3.07. The Morgan fingerprint density at radius 1 is 1.12 bits per heavy atom. The molecule has 5 heteroatoms. The van der Waals surface area contributed by atoms with Crippen molar-refractivity contribution >= 4 is 28.9 Å². The number of nitrogens with zero attached hydrogens (tertiary/aromatic N) is 1. The Morgan fingerprint density at radius 3 is 2.53 bits per heavy atom. The Bertz CT molecular complexity index is 507. The number of para-hydroxylation sites is 1. The molecule has 0 unspecified atom stereocenters. The molecule has 1 heterocycles. The van der Waals surface area contributed by atoms with Gasteiger partial charge in [-0.25, -0.2) is 10.8 Å². The number of benzene rings is 1. The molecule has 2 aromatic rings. The van der Waals surface area contributed by atoms with Crippen LogP contribution in [-0.4, -0.2) is 4.98 Å². The molecule has 0 aliphatic rings. The van der Waals surface area contributed by atoms with Crippen molar-refractivity contribution < 1.29 is 0 Å². The Kier molecular flexibility index (Phi) is 3.46. The van der Waals surface area contributed by atoms with E-state index in [1.165, 1.54) is 0 Å². The number of hydrogen-bond donors (Lipinski definition) is 3. The van der Waals surface area contributed by atoms with Crippen molar-refractivity contribution in [3.05, 3.63) is 47.0 Å². The van der Waals surface area contributed by atoms with Crippen LogP contribution >= 0.6 is 11.6 Å². The average molecular weight is 249 g/mol. The van der Waals surface area contributed by atoms with E-state index in [0.717, 1.165) is 11.3 Å². The van der Waals surface area contributed by atoms with Gasteiger partial charge in [-0.2, -0.15) is 0 Å². The van der Waals surface area contributed by atoms with E-state index in [1.807, 2.05) is 37.3 Å². The lowest BCUT2D eigenvalue weighted by Crippen LogP contribution is -2.09. The second-order valence-electron chi connectivity index (χ2n) is 3.61. The summed E-state index contributed by atoms with van der Waals surface area (Å²) in [7, 11) is 0. The smallest absolute Gasteiger partial charge is 0.142 e. The van der Waals surface area contributed by atoms with Crippen LogP contribution in [-0.2, 0) is 0 Å². The summed E-state index contributed by atoms with van der Waals surface area (Å²) in [6, 6.07) is 11.2. The number of rotatable bonds is 3. The summed E-state index contributed by atoms with van der Waals surface area (Å²) >= 11 is 6.12. The third-order valence-corrected chi connectivity index (χ3v) is 2.69. The van der Waals surface area contributed by atoms with Crippen molar-refractivity contribution in [1.82, 2.24) is 4.98 Å². The van der Waals surface area contributed by atoms with Crippen LogP contribution in [0.1, 0.15) is 5.56 Å². The molecule has 0 saturated heterocycles. The van der Waals surface area contributed by atoms with Crippen molar-refractivity contribution in [3.8, 4) is 0 Å². The van der Waals surface area contributed by atoms with E-state index in [-0.39, 0.29) is 0 Å². The molecule has 0 radical (unpaired) electrons. The van der Waals surface area contributed by atoms with E-state index in [4.69, 9.17) is 17.4 Å². The Labute approximate surface area is 105 Å². The molecule has 0 amide bonds. The van der Waals surface area contributed by atoms with E-state index in [1.54, 1.807) is 6.07 Å². The summed E-state index contributed by atoms with van der Waals surface area (Å²) in [6.45, 7) is 1.99. The third-order valence-electron chi connectivity index (χ3n) is 2.37. The number of nitrogen functional groups attached to an aromatic ring is 1. The highest BCUT2D eigenvalue weighted by atomic mass is 35.5.